The van der Waals surface area contributed by atoms with Crippen molar-refractivity contribution in [1.29, 1.82) is 0 Å². The fraction of sp³-hybridized carbons (Fsp3) is 0.917. The number of nitrogens with zero attached hydrogens (tertiary/aromatic N) is 2. The highest BCUT2D eigenvalue weighted by atomic mass is 16.1. The van der Waals surface area contributed by atoms with Gasteiger partial charge < -0.3 is 9.69 Å². The van der Waals surface area contributed by atoms with Crippen molar-refractivity contribution in [2.75, 3.05) is 33.2 Å². The van der Waals surface area contributed by atoms with Gasteiger partial charge in [0.25, 0.3) is 0 Å². The molecular formula is C12H24N2O. The van der Waals surface area contributed by atoms with Gasteiger partial charge in [0.2, 0.25) is 0 Å². The molecule has 1 heterocycles. The third-order valence-corrected chi connectivity index (χ3v) is 3.19. The minimum Gasteiger partial charge on any atom is -0.304 e. The summed E-state index contributed by atoms with van der Waals surface area (Å²) in [6.07, 6.45) is 2.96. The maximum absolute atomic E-state index is 10.8. The van der Waals surface area contributed by atoms with Crippen LogP contribution in [0.25, 0.3) is 0 Å². The maximum Gasteiger partial charge on any atom is 0.129 e. The van der Waals surface area contributed by atoms with E-state index in [0.29, 0.717) is 11.8 Å². The number of rotatable bonds is 5. The Balaban J connectivity index is 2.13. The van der Waals surface area contributed by atoms with Gasteiger partial charge in [-0.15, -0.1) is 0 Å². The van der Waals surface area contributed by atoms with Crippen molar-refractivity contribution in [1.82, 2.24) is 9.80 Å². The molecule has 0 aliphatic carbocycles. The second kappa shape index (κ2) is 6.23. The molecule has 15 heavy (non-hydrogen) atoms. The molecule has 1 aliphatic rings. The van der Waals surface area contributed by atoms with Gasteiger partial charge >= 0.3 is 0 Å². The molecular weight excluding hydrogens is 188 g/mol. The van der Waals surface area contributed by atoms with E-state index in [-0.39, 0.29) is 0 Å². The molecule has 0 aromatic rings. The minimum absolute atomic E-state index is 0.321. The van der Waals surface area contributed by atoms with Crippen LogP contribution in [0, 0.1) is 0 Å². The third-order valence-electron chi connectivity index (χ3n) is 3.19. The fourth-order valence-electron chi connectivity index (χ4n) is 2.20. The molecule has 0 aromatic carbocycles. The van der Waals surface area contributed by atoms with E-state index in [4.69, 9.17) is 0 Å². The van der Waals surface area contributed by atoms with Crippen molar-refractivity contribution in [2.24, 2.45) is 0 Å². The zero-order valence-electron chi connectivity index (χ0n) is 10.3. The molecule has 0 amide bonds. The Morgan fingerprint density at radius 3 is 2.67 bits per heavy atom. The van der Waals surface area contributed by atoms with E-state index >= 15 is 0 Å². The van der Waals surface area contributed by atoms with Gasteiger partial charge in [-0.2, -0.15) is 0 Å². The second-order valence-corrected chi connectivity index (χ2v) is 4.81. The van der Waals surface area contributed by atoms with Crippen molar-refractivity contribution < 1.29 is 4.79 Å². The summed E-state index contributed by atoms with van der Waals surface area (Å²) in [5, 5.41) is 0. The molecule has 0 aromatic heterocycles. The van der Waals surface area contributed by atoms with Crippen LogP contribution in [0.1, 0.15) is 33.1 Å². The SMILES string of the molecule is CC(=O)CCCCN1CCN(C)CC1C. The van der Waals surface area contributed by atoms with Crippen molar-refractivity contribution in [2.45, 2.75) is 39.2 Å². The van der Waals surface area contributed by atoms with Gasteiger partial charge in [-0.3, -0.25) is 4.90 Å². The molecule has 1 atom stereocenters. The molecule has 3 nitrogen and oxygen atoms in total. The summed E-state index contributed by atoms with van der Waals surface area (Å²) < 4.78 is 0. The minimum atomic E-state index is 0.321. The zero-order chi connectivity index (χ0) is 11.3. The summed E-state index contributed by atoms with van der Waals surface area (Å²) in [6, 6.07) is 0.668. The number of Topliss-reactive ketones (excluding diaryl/α,β-unsaturated/α-hetero) is 1. The predicted molar refractivity (Wildman–Crippen MR) is 63.1 cm³/mol. The van der Waals surface area contributed by atoms with E-state index in [9.17, 15) is 4.79 Å². The number of unbranched alkanes of at least 4 members (excludes halogenated alkanes) is 1. The first kappa shape index (κ1) is 12.7. The molecule has 0 saturated carbocycles. The lowest BCUT2D eigenvalue weighted by Gasteiger charge is -2.38. The Labute approximate surface area is 93.4 Å². The zero-order valence-corrected chi connectivity index (χ0v) is 10.3. The lowest BCUT2D eigenvalue weighted by atomic mass is 10.1. The molecule has 3 heteroatoms. The average Bonchev–Trinajstić information content (AvgIpc) is 2.14. The second-order valence-electron chi connectivity index (χ2n) is 4.81. The van der Waals surface area contributed by atoms with Gasteiger partial charge in [-0.05, 0) is 40.3 Å². The highest BCUT2D eigenvalue weighted by Crippen LogP contribution is 2.09. The van der Waals surface area contributed by atoms with Crippen molar-refractivity contribution >= 4 is 5.78 Å². The summed E-state index contributed by atoms with van der Waals surface area (Å²) in [6.45, 7) is 8.66. The van der Waals surface area contributed by atoms with Crippen LogP contribution >= 0.6 is 0 Å². The Morgan fingerprint density at radius 1 is 1.33 bits per heavy atom. The molecule has 1 unspecified atom stereocenters. The third kappa shape index (κ3) is 4.76. The normalized spacial score (nSPS) is 24.3. The largest absolute Gasteiger partial charge is 0.304 e. The molecule has 1 saturated heterocycles. The summed E-state index contributed by atoms with van der Waals surface area (Å²) in [7, 11) is 2.18. The molecule has 1 aliphatic heterocycles. The van der Waals surface area contributed by atoms with Gasteiger partial charge in [0, 0.05) is 32.1 Å². The number of ketones is 1. The highest BCUT2D eigenvalue weighted by Gasteiger charge is 2.20. The van der Waals surface area contributed by atoms with Crippen LogP contribution in [0.4, 0.5) is 0 Å². The first-order chi connectivity index (χ1) is 7.09. The fourth-order valence-corrected chi connectivity index (χ4v) is 2.20. The van der Waals surface area contributed by atoms with Crippen LogP contribution in [-0.4, -0.2) is 54.9 Å². The van der Waals surface area contributed by atoms with E-state index in [1.165, 1.54) is 19.6 Å². The molecule has 1 fully saturated rings. The summed E-state index contributed by atoms with van der Waals surface area (Å²) in [4.78, 5) is 15.7. The lowest BCUT2D eigenvalue weighted by Crippen LogP contribution is -2.50. The summed E-state index contributed by atoms with van der Waals surface area (Å²) in [5.41, 5.74) is 0. The van der Waals surface area contributed by atoms with Crippen LogP contribution < -0.4 is 0 Å². The molecule has 0 radical (unpaired) electrons. The van der Waals surface area contributed by atoms with Crippen molar-refractivity contribution in [3.05, 3.63) is 0 Å². The quantitative estimate of drug-likeness (QED) is 0.643. The number of piperazine rings is 1. The van der Waals surface area contributed by atoms with Crippen LogP contribution in [-0.2, 0) is 4.79 Å². The van der Waals surface area contributed by atoms with Gasteiger partial charge in [-0.25, -0.2) is 0 Å². The van der Waals surface area contributed by atoms with Gasteiger partial charge in [0.1, 0.15) is 5.78 Å². The topological polar surface area (TPSA) is 23.6 Å². The maximum atomic E-state index is 10.8. The van der Waals surface area contributed by atoms with Crippen LogP contribution in [0.3, 0.4) is 0 Å². The molecule has 88 valence electrons. The van der Waals surface area contributed by atoms with E-state index in [1.54, 1.807) is 6.92 Å². The molecule has 1 rings (SSSR count). The van der Waals surface area contributed by atoms with E-state index < -0.39 is 0 Å². The molecule has 0 bridgehead atoms. The number of carbonyl (C=O) groups excluding carboxylic acids is 1. The lowest BCUT2D eigenvalue weighted by molar-refractivity contribution is -0.117. The predicted octanol–water partition coefficient (Wildman–Crippen LogP) is 1.38. The Morgan fingerprint density at radius 2 is 2.07 bits per heavy atom. The summed E-state index contributed by atoms with van der Waals surface area (Å²) >= 11 is 0. The van der Waals surface area contributed by atoms with Crippen molar-refractivity contribution in [3.8, 4) is 0 Å². The highest BCUT2D eigenvalue weighted by molar-refractivity contribution is 5.75. The Hall–Kier alpha value is -0.410. The summed E-state index contributed by atoms with van der Waals surface area (Å²) in [5.74, 6) is 0.321. The van der Waals surface area contributed by atoms with E-state index in [0.717, 1.165) is 25.8 Å². The smallest absolute Gasteiger partial charge is 0.129 e. The Kier molecular flexibility index (Phi) is 5.26. The van der Waals surface area contributed by atoms with Crippen LogP contribution in [0.15, 0.2) is 0 Å². The van der Waals surface area contributed by atoms with E-state index in [2.05, 4.69) is 23.8 Å². The average molecular weight is 212 g/mol. The number of carbonyl (C=O) groups is 1. The number of hydrogen-bond acceptors (Lipinski definition) is 3. The molecule has 0 spiro atoms. The standard InChI is InChI=1S/C12H24N2O/c1-11-10-13(3)8-9-14(11)7-5-4-6-12(2)15/h11H,4-10H2,1-3H3. The van der Waals surface area contributed by atoms with Crippen LogP contribution in [0.2, 0.25) is 0 Å². The van der Waals surface area contributed by atoms with Crippen LogP contribution in [0.5, 0.6) is 0 Å². The van der Waals surface area contributed by atoms with Gasteiger partial charge in [0.15, 0.2) is 0 Å². The van der Waals surface area contributed by atoms with Gasteiger partial charge in [-0.1, -0.05) is 0 Å². The molecule has 0 N–H and O–H groups in total. The first-order valence-corrected chi connectivity index (χ1v) is 6.01. The van der Waals surface area contributed by atoms with Gasteiger partial charge in [0.05, 0.1) is 0 Å². The Bertz CT molecular complexity index is 206. The number of hydrogen-bond donors (Lipinski definition) is 0. The first-order valence-electron chi connectivity index (χ1n) is 6.01. The van der Waals surface area contributed by atoms with Crippen molar-refractivity contribution in [3.63, 3.8) is 0 Å². The van der Waals surface area contributed by atoms with E-state index in [1.807, 2.05) is 0 Å². The monoisotopic (exact) mass is 212 g/mol. The number of likely N-dealkylation sites (N-methyl/N-ethyl adjacent to an activating group) is 1.